The molecule has 0 aliphatic carbocycles. The van der Waals surface area contributed by atoms with Crippen LogP contribution in [0.3, 0.4) is 0 Å². The zero-order chi connectivity index (χ0) is 15.7. The van der Waals surface area contributed by atoms with E-state index >= 15 is 0 Å². The minimum atomic E-state index is -0.997. The number of benzene rings is 1. The first-order valence-electron chi connectivity index (χ1n) is 6.61. The van der Waals surface area contributed by atoms with Gasteiger partial charge in [-0.2, -0.15) is 0 Å². The molecule has 1 heterocycles. The zero-order valence-electron chi connectivity index (χ0n) is 11.5. The first-order valence-corrected chi connectivity index (χ1v) is 7.36. The van der Waals surface area contributed by atoms with Gasteiger partial charge < -0.3 is 15.7 Å². The number of hydrogen-bond acceptors (Lipinski definition) is 3. The molecular weight excluding hydrogens is 315 g/mol. The number of carboxylic acids is 1. The zero-order valence-corrected chi connectivity index (χ0v) is 13.0. The monoisotopic (exact) mass is 330 g/mol. The van der Waals surface area contributed by atoms with Crippen LogP contribution in [-0.4, -0.2) is 34.5 Å². The topological polar surface area (TPSA) is 83.6 Å². The Labute approximate surface area is 132 Å². The van der Waals surface area contributed by atoms with E-state index in [-0.39, 0.29) is 27.2 Å². The summed E-state index contributed by atoms with van der Waals surface area (Å²) in [5, 5.41) is 9.73. The number of likely N-dealkylation sites (tertiary alicyclic amines) is 1. The molecule has 3 N–H and O–H groups in total. The summed E-state index contributed by atoms with van der Waals surface area (Å²) in [5.41, 5.74) is 6.10. The lowest BCUT2D eigenvalue weighted by Gasteiger charge is -2.37. The number of rotatable bonds is 2. The van der Waals surface area contributed by atoms with Crippen LogP contribution in [0.15, 0.2) is 12.1 Å². The molecule has 1 aliphatic rings. The first kappa shape index (κ1) is 15.9. The smallest absolute Gasteiger partial charge is 0.326 e. The Hall–Kier alpha value is -1.46. The molecule has 1 saturated heterocycles. The van der Waals surface area contributed by atoms with Gasteiger partial charge in [-0.3, -0.25) is 4.79 Å². The van der Waals surface area contributed by atoms with Crippen LogP contribution in [0.25, 0.3) is 0 Å². The molecule has 0 saturated carbocycles. The average molecular weight is 331 g/mol. The summed E-state index contributed by atoms with van der Waals surface area (Å²) in [6.07, 6.45) is 1.55. The SMILES string of the molecule is CC1CCCN(C(=O)c2cc(Cl)c(N)c(Cl)c2)C1C(=O)O. The highest BCUT2D eigenvalue weighted by atomic mass is 35.5. The number of aliphatic carboxylic acids is 1. The summed E-state index contributed by atoms with van der Waals surface area (Å²) in [6, 6.07) is 2.01. The van der Waals surface area contributed by atoms with Gasteiger partial charge in [-0.1, -0.05) is 30.1 Å². The predicted octanol–water partition coefficient (Wildman–Crippen LogP) is 2.90. The van der Waals surface area contributed by atoms with Crippen molar-refractivity contribution >= 4 is 40.8 Å². The summed E-state index contributed by atoms with van der Waals surface area (Å²) >= 11 is 11.9. The highest BCUT2D eigenvalue weighted by Gasteiger charge is 2.37. The molecule has 2 unspecified atom stereocenters. The fourth-order valence-electron chi connectivity index (χ4n) is 2.67. The van der Waals surface area contributed by atoms with Gasteiger partial charge in [0.15, 0.2) is 0 Å². The van der Waals surface area contributed by atoms with E-state index < -0.39 is 17.9 Å². The summed E-state index contributed by atoms with van der Waals surface area (Å²) in [5.74, 6) is -1.49. The van der Waals surface area contributed by atoms with Crippen molar-refractivity contribution in [3.05, 3.63) is 27.7 Å². The fraction of sp³-hybridized carbons (Fsp3) is 0.429. The maximum absolute atomic E-state index is 12.6. The third-order valence-electron chi connectivity index (χ3n) is 3.77. The van der Waals surface area contributed by atoms with E-state index in [0.717, 1.165) is 12.8 Å². The van der Waals surface area contributed by atoms with E-state index in [0.29, 0.717) is 6.54 Å². The van der Waals surface area contributed by atoms with Crippen LogP contribution in [0.2, 0.25) is 10.0 Å². The van der Waals surface area contributed by atoms with Crippen LogP contribution in [0, 0.1) is 5.92 Å². The van der Waals surface area contributed by atoms with Crippen molar-refractivity contribution in [2.24, 2.45) is 5.92 Å². The Morgan fingerprint density at radius 1 is 1.33 bits per heavy atom. The minimum absolute atomic E-state index is 0.0973. The number of nitrogen functional groups attached to an aromatic ring is 1. The number of halogens is 2. The van der Waals surface area contributed by atoms with Gasteiger partial charge in [0.2, 0.25) is 0 Å². The molecule has 0 bridgehead atoms. The lowest BCUT2D eigenvalue weighted by Crippen LogP contribution is -2.51. The Morgan fingerprint density at radius 2 is 1.90 bits per heavy atom. The molecule has 114 valence electrons. The maximum Gasteiger partial charge on any atom is 0.326 e. The first-order chi connectivity index (χ1) is 9.82. The number of nitrogens with zero attached hydrogens (tertiary/aromatic N) is 1. The van der Waals surface area contributed by atoms with E-state index in [2.05, 4.69) is 0 Å². The number of anilines is 1. The number of hydrogen-bond donors (Lipinski definition) is 2. The van der Waals surface area contributed by atoms with Crippen LogP contribution in [0.5, 0.6) is 0 Å². The molecule has 1 amide bonds. The highest BCUT2D eigenvalue weighted by Crippen LogP contribution is 2.31. The molecule has 5 nitrogen and oxygen atoms in total. The van der Waals surface area contributed by atoms with Crippen LogP contribution in [-0.2, 0) is 4.79 Å². The molecule has 1 aromatic rings. The van der Waals surface area contributed by atoms with Crippen molar-refractivity contribution in [2.45, 2.75) is 25.8 Å². The molecule has 7 heteroatoms. The number of piperidine rings is 1. The van der Waals surface area contributed by atoms with E-state index in [1.807, 2.05) is 6.92 Å². The predicted molar refractivity (Wildman–Crippen MR) is 81.7 cm³/mol. The minimum Gasteiger partial charge on any atom is -0.480 e. The summed E-state index contributed by atoms with van der Waals surface area (Å²) in [4.78, 5) is 25.4. The van der Waals surface area contributed by atoms with E-state index in [4.69, 9.17) is 28.9 Å². The fourth-order valence-corrected chi connectivity index (χ4v) is 3.15. The Morgan fingerprint density at radius 3 is 2.43 bits per heavy atom. The van der Waals surface area contributed by atoms with Crippen molar-refractivity contribution < 1.29 is 14.7 Å². The van der Waals surface area contributed by atoms with E-state index in [1.54, 1.807) is 0 Å². The highest BCUT2D eigenvalue weighted by molar-refractivity contribution is 6.39. The van der Waals surface area contributed by atoms with Gasteiger partial charge in [-0.15, -0.1) is 0 Å². The lowest BCUT2D eigenvalue weighted by molar-refractivity contribution is -0.145. The molecule has 1 aliphatic heterocycles. The maximum atomic E-state index is 12.6. The van der Waals surface area contributed by atoms with Gasteiger partial charge in [0.05, 0.1) is 15.7 Å². The molecule has 1 fully saturated rings. The lowest BCUT2D eigenvalue weighted by atomic mass is 9.90. The summed E-state index contributed by atoms with van der Waals surface area (Å²) in [7, 11) is 0. The van der Waals surface area contributed by atoms with Gasteiger partial charge >= 0.3 is 5.97 Å². The Balaban J connectivity index is 2.36. The van der Waals surface area contributed by atoms with Gasteiger partial charge in [0.25, 0.3) is 5.91 Å². The van der Waals surface area contributed by atoms with Crippen LogP contribution >= 0.6 is 23.2 Å². The molecule has 0 aromatic heterocycles. The van der Waals surface area contributed by atoms with Crippen LogP contribution < -0.4 is 5.73 Å². The largest absolute Gasteiger partial charge is 0.480 e. The number of carbonyl (C=O) groups is 2. The number of amides is 1. The van der Waals surface area contributed by atoms with Gasteiger partial charge in [0.1, 0.15) is 6.04 Å². The van der Waals surface area contributed by atoms with Gasteiger partial charge in [-0.05, 0) is 30.9 Å². The second-order valence-electron chi connectivity index (χ2n) is 5.25. The van der Waals surface area contributed by atoms with Gasteiger partial charge in [0, 0.05) is 12.1 Å². The van der Waals surface area contributed by atoms with Crippen LogP contribution in [0.1, 0.15) is 30.1 Å². The Kier molecular flexibility index (Phi) is 4.64. The van der Waals surface area contributed by atoms with E-state index in [9.17, 15) is 14.7 Å². The molecule has 0 spiro atoms. The van der Waals surface area contributed by atoms with E-state index in [1.165, 1.54) is 17.0 Å². The van der Waals surface area contributed by atoms with Crippen molar-refractivity contribution in [2.75, 3.05) is 12.3 Å². The van der Waals surface area contributed by atoms with Crippen LogP contribution in [0.4, 0.5) is 5.69 Å². The molecule has 1 aromatic carbocycles. The summed E-state index contributed by atoms with van der Waals surface area (Å²) < 4.78 is 0. The third-order valence-corrected chi connectivity index (χ3v) is 4.40. The Bertz CT molecular complexity index is 569. The number of nitrogens with two attached hydrogens (primary N) is 1. The van der Waals surface area contributed by atoms with Crippen molar-refractivity contribution in [1.82, 2.24) is 4.90 Å². The molecule has 2 rings (SSSR count). The second-order valence-corrected chi connectivity index (χ2v) is 6.07. The summed E-state index contributed by atoms with van der Waals surface area (Å²) in [6.45, 7) is 2.24. The number of carbonyl (C=O) groups excluding carboxylic acids is 1. The number of carboxylic acid groups (broad SMARTS) is 1. The van der Waals surface area contributed by atoms with Crippen molar-refractivity contribution in [3.8, 4) is 0 Å². The average Bonchev–Trinajstić information content (AvgIpc) is 2.42. The molecule has 2 atom stereocenters. The normalized spacial score (nSPS) is 22.1. The van der Waals surface area contributed by atoms with Crippen molar-refractivity contribution in [3.63, 3.8) is 0 Å². The molecule has 21 heavy (non-hydrogen) atoms. The van der Waals surface area contributed by atoms with Crippen molar-refractivity contribution in [1.29, 1.82) is 0 Å². The third kappa shape index (κ3) is 3.09. The second kappa shape index (κ2) is 6.12. The molecular formula is C14H16Cl2N2O3. The molecule has 0 radical (unpaired) electrons. The van der Waals surface area contributed by atoms with Gasteiger partial charge in [-0.25, -0.2) is 4.79 Å². The standard InChI is InChI=1S/C14H16Cl2N2O3/c1-7-3-2-4-18(12(7)14(20)21)13(19)8-5-9(15)11(17)10(16)6-8/h5-7,12H,2-4,17H2,1H3,(H,20,21). The quantitative estimate of drug-likeness (QED) is 0.816.